The number of anilines is 1. The highest BCUT2D eigenvalue weighted by molar-refractivity contribution is 9.10. The molecule has 94 valence electrons. The minimum atomic E-state index is -0.0945. The summed E-state index contributed by atoms with van der Waals surface area (Å²) in [6.45, 7) is 4.73. The van der Waals surface area contributed by atoms with Crippen molar-refractivity contribution in [2.24, 2.45) is 11.8 Å². The second-order valence-corrected chi connectivity index (χ2v) is 6.40. The molecule has 3 heteroatoms. The average Bonchev–Trinajstić information content (AvgIpc) is 2.25. The van der Waals surface area contributed by atoms with Gasteiger partial charge in [0.25, 0.3) is 0 Å². The van der Waals surface area contributed by atoms with E-state index in [1.165, 1.54) is 0 Å². The van der Waals surface area contributed by atoms with E-state index in [0.717, 1.165) is 28.9 Å². The Kier molecular flexibility index (Phi) is 3.79. The van der Waals surface area contributed by atoms with Crippen LogP contribution in [0.1, 0.15) is 26.7 Å². The second kappa shape index (κ2) is 4.99. The highest BCUT2D eigenvalue weighted by atomic mass is 79.9. The molecule has 2 nitrogen and oxygen atoms in total. The van der Waals surface area contributed by atoms with Crippen molar-refractivity contribution < 1.29 is 5.11 Å². The van der Waals surface area contributed by atoms with Crippen LogP contribution < -0.4 is 5.32 Å². The third kappa shape index (κ3) is 2.83. The van der Waals surface area contributed by atoms with Crippen molar-refractivity contribution in [1.29, 1.82) is 0 Å². The molecule has 1 aromatic rings. The minimum absolute atomic E-state index is 0.0945. The molecule has 1 saturated carbocycles. The van der Waals surface area contributed by atoms with Crippen molar-refractivity contribution in [3.63, 3.8) is 0 Å². The third-order valence-electron chi connectivity index (χ3n) is 3.81. The fraction of sp³-hybridized carbons (Fsp3) is 0.571. The molecule has 0 aliphatic heterocycles. The van der Waals surface area contributed by atoms with Gasteiger partial charge in [-0.2, -0.15) is 0 Å². The van der Waals surface area contributed by atoms with E-state index >= 15 is 0 Å². The van der Waals surface area contributed by atoms with Crippen LogP contribution in [0.25, 0.3) is 0 Å². The lowest BCUT2D eigenvalue weighted by Crippen LogP contribution is -2.54. The van der Waals surface area contributed by atoms with Gasteiger partial charge in [0, 0.05) is 10.2 Å². The Bertz CT molecular complexity index is 368. The number of rotatable bonds is 4. The lowest BCUT2D eigenvalue weighted by molar-refractivity contribution is 0.0648. The zero-order chi connectivity index (χ0) is 12.5. The first-order valence-electron chi connectivity index (χ1n) is 6.19. The average molecular weight is 298 g/mol. The predicted molar refractivity (Wildman–Crippen MR) is 75.1 cm³/mol. The van der Waals surface area contributed by atoms with E-state index in [0.29, 0.717) is 5.92 Å². The molecule has 0 heterocycles. The number of nitrogens with one attached hydrogen (secondary N) is 1. The summed E-state index contributed by atoms with van der Waals surface area (Å²) in [4.78, 5) is 0. The number of benzene rings is 1. The summed E-state index contributed by atoms with van der Waals surface area (Å²) in [6.07, 6.45) is 2.13. The first kappa shape index (κ1) is 12.9. The van der Waals surface area contributed by atoms with Crippen molar-refractivity contribution in [3.05, 3.63) is 28.7 Å². The summed E-state index contributed by atoms with van der Waals surface area (Å²) in [6, 6.07) is 8.13. The highest BCUT2D eigenvalue weighted by Crippen LogP contribution is 2.43. The largest absolute Gasteiger partial charge is 0.394 e. The van der Waals surface area contributed by atoms with Gasteiger partial charge >= 0.3 is 0 Å². The first-order chi connectivity index (χ1) is 8.04. The molecule has 0 aromatic heterocycles. The molecular formula is C14H20BrNO. The number of halogens is 1. The Morgan fingerprint density at radius 1 is 1.35 bits per heavy atom. The van der Waals surface area contributed by atoms with Gasteiger partial charge in [-0.15, -0.1) is 0 Å². The third-order valence-corrected chi connectivity index (χ3v) is 4.33. The van der Waals surface area contributed by atoms with Crippen LogP contribution in [0.15, 0.2) is 28.7 Å². The SMILES string of the molecule is CC(C)C1CC(CO)(Nc2ccc(Br)cc2)C1. The van der Waals surface area contributed by atoms with Crippen molar-refractivity contribution in [2.45, 2.75) is 32.2 Å². The van der Waals surface area contributed by atoms with E-state index < -0.39 is 0 Å². The maximum atomic E-state index is 9.58. The van der Waals surface area contributed by atoms with E-state index in [-0.39, 0.29) is 12.1 Å². The van der Waals surface area contributed by atoms with Gasteiger partial charge in [0.2, 0.25) is 0 Å². The van der Waals surface area contributed by atoms with Gasteiger partial charge in [0.05, 0.1) is 12.1 Å². The molecule has 1 fully saturated rings. The summed E-state index contributed by atoms with van der Waals surface area (Å²) in [5.74, 6) is 1.45. The van der Waals surface area contributed by atoms with Gasteiger partial charge in [-0.05, 0) is 48.9 Å². The van der Waals surface area contributed by atoms with Crippen LogP contribution in [0.2, 0.25) is 0 Å². The van der Waals surface area contributed by atoms with E-state index in [1.54, 1.807) is 0 Å². The Morgan fingerprint density at radius 2 is 1.94 bits per heavy atom. The Morgan fingerprint density at radius 3 is 2.41 bits per heavy atom. The van der Waals surface area contributed by atoms with Crippen molar-refractivity contribution in [3.8, 4) is 0 Å². The molecule has 0 saturated heterocycles. The van der Waals surface area contributed by atoms with Crippen LogP contribution >= 0.6 is 15.9 Å². The van der Waals surface area contributed by atoms with Gasteiger partial charge < -0.3 is 10.4 Å². The second-order valence-electron chi connectivity index (χ2n) is 5.48. The van der Waals surface area contributed by atoms with Crippen LogP contribution in [-0.4, -0.2) is 17.3 Å². The molecule has 0 bridgehead atoms. The topological polar surface area (TPSA) is 32.3 Å². The molecule has 1 aliphatic rings. The molecule has 1 aromatic carbocycles. The van der Waals surface area contributed by atoms with Crippen molar-refractivity contribution in [1.82, 2.24) is 0 Å². The van der Waals surface area contributed by atoms with Crippen LogP contribution in [0.4, 0.5) is 5.69 Å². The van der Waals surface area contributed by atoms with Gasteiger partial charge in [-0.1, -0.05) is 29.8 Å². The molecule has 0 radical (unpaired) electrons. The van der Waals surface area contributed by atoms with Gasteiger partial charge in [-0.3, -0.25) is 0 Å². The van der Waals surface area contributed by atoms with Crippen LogP contribution in [0.3, 0.4) is 0 Å². The minimum Gasteiger partial charge on any atom is -0.394 e. The highest BCUT2D eigenvalue weighted by Gasteiger charge is 2.44. The summed E-state index contributed by atoms with van der Waals surface area (Å²) in [5.41, 5.74) is 0.993. The molecule has 1 aliphatic carbocycles. The molecule has 0 atom stereocenters. The number of hydrogen-bond donors (Lipinski definition) is 2. The number of aliphatic hydroxyl groups is 1. The first-order valence-corrected chi connectivity index (χ1v) is 6.98. The van der Waals surface area contributed by atoms with Gasteiger partial charge in [0.1, 0.15) is 0 Å². The lowest BCUT2D eigenvalue weighted by Gasteiger charge is -2.49. The van der Waals surface area contributed by atoms with Crippen LogP contribution in [0, 0.1) is 11.8 Å². The Hall–Kier alpha value is -0.540. The van der Waals surface area contributed by atoms with E-state index in [1.807, 2.05) is 24.3 Å². The number of aliphatic hydroxyl groups excluding tert-OH is 1. The van der Waals surface area contributed by atoms with Crippen molar-refractivity contribution >= 4 is 21.6 Å². The lowest BCUT2D eigenvalue weighted by atomic mass is 9.64. The van der Waals surface area contributed by atoms with Crippen molar-refractivity contribution in [2.75, 3.05) is 11.9 Å². The smallest absolute Gasteiger partial charge is 0.0661 e. The zero-order valence-corrected chi connectivity index (χ0v) is 12.0. The van der Waals surface area contributed by atoms with Crippen LogP contribution in [0.5, 0.6) is 0 Å². The summed E-state index contributed by atoms with van der Waals surface area (Å²) >= 11 is 3.42. The molecule has 0 amide bonds. The number of hydrogen-bond acceptors (Lipinski definition) is 2. The van der Waals surface area contributed by atoms with E-state index in [2.05, 4.69) is 35.1 Å². The van der Waals surface area contributed by atoms with E-state index in [9.17, 15) is 5.11 Å². The zero-order valence-electron chi connectivity index (χ0n) is 10.4. The molecule has 0 spiro atoms. The normalized spacial score (nSPS) is 27.9. The Balaban J connectivity index is 2.00. The van der Waals surface area contributed by atoms with Gasteiger partial charge in [0.15, 0.2) is 0 Å². The van der Waals surface area contributed by atoms with Crippen LogP contribution in [-0.2, 0) is 0 Å². The predicted octanol–water partition coefficient (Wildman–Crippen LogP) is 3.66. The summed E-state index contributed by atoms with van der Waals surface area (Å²) in [7, 11) is 0. The standard InChI is InChI=1S/C14H20BrNO/c1-10(2)11-7-14(8-11,9-17)16-13-5-3-12(15)4-6-13/h3-6,10-11,16-17H,7-9H2,1-2H3. The Labute approximate surface area is 112 Å². The maximum Gasteiger partial charge on any atom is 0.0661 e. The van der Waals surface area contributed by atoms with Gasteiger partial charge in [-0.25, -0.2) is 0 Å². The van der Waals surface area contributed by atoms with E-state index in [4.69, 9.17) is 0 Å². The molecule has 2 rings (SSSR count). The fourth-order valence-corrected chi connectivity index (χ4v) is 2.79. The molecule has 2 N–H and O–H groups in total. The fourth-order valence-electron chi connectivity index (χ4n) is 2.53. The quantitative estimate of drug-likeness (QED) is 0.889. The molecule has 0 unspecified atom stereocenters. The summed E-state index contributed by atoms with van der Waals surface area (Å²) in [5, 5.41) is 13.1. The summed E-state index contributed by atoms with van der Waals surface area (Å²) < 4.78 is 1.08. The monoisotopic (exact) mass is 297 g/mol. The molecule has 17 heavy (non-hydrogen) atoms. The maximum absolute atomic E-state index is 9.58. The molecular weight excluding hydrogens is 278 g/mol.